The Morgan fingerprint density at radius 2 is 2.43 bits per heavy atom. The highest BCUT2D eigenvalue weighted by atomic mass is 16.1. The van der Waals surface area contributed by atoms with E-state index in [0.29, 0.717) is 11.7 Å². The second-order valence-corrected chi connectivity index (χ2v) is 3.93. The van der Waals surface area contributed by atoms with Gasteiger partial charge in [-0.2, -0.15) is 0 Å². The molecular weight excluding hydrogens is 176 g/mol. The molecule has 1 aromatic heterocycles. The van der Waals surface area contributed by atoms with Gasteiger partial charge in [-0.15, -0.1) is 0 Å². The van der Waals surface area contributed by atoms with Gasteiger partial charge in [0.1, 0.15) is 11.5 Å². The van der Waals surface area contributed by atoms with Crippen LogP contribution in [0.25, 0.3) is 0 Å². The van der Waals surface area contributed by atoms with Gasteiger partial charge in [-0.05, 0) is 32.6 Å². The third kappa shape index (κ3) is 1.27. The van der Waals surface area contributed by atoms with Gasteiger partial charge >= 0.3 is 0 Å². The Labute approximate surface area is 84.1 Å². The van der Waals surface area contributed by atoms with E-state index in [2.05, 4.69) is 16.5 Å². The molecule has 1 atom stereocenters. The van der Waals surface area contributed by atoms with E-state index in [4.69, 9.17) is 0 Å². The zero-order valence-electron chi connectivity index (χ0n) is 8.79. The van der Waals surface area contributed by atoms with Crippen molar-refractivity contribution in [3.63, 3.8) is 0 Å². The molecule has 0 spiro atoms. The van der Waals surface area contributed by atoms with Crippen molar-refractivity contribution >= 4 is 6.29 Å². The molecule has 0 radical (unpaired) electrons. The van der Waals surface area contributed by atoms with Crippen molar-refractivity contribution in [1.82, 2.24) is 9.55 Å². The van der Waals surface area contributed by atoms with Crippen LogP contribution < -0.4 is 0 Å². The number of carbonyl (C=O) groups excluding carboxylic acids is 1. The molecular formula is C11H16N2O. The van der Waals surface area contributed by atoms with Gasteiger partial charge in [-0.25, -0.2) is 4.98 Å². The standard InChI is InChI=1S/C11H16N2O/c1-3-9-5-4-6-11-10(7-14)12-8(2)13(9)11/h7,9H,3-6H2,1-2H3. The van der Waals surface area contributed by atoms with Gasteiger partial charge in [0.15, 0.2) is 6.29 Å². The van der Waals surface area contributed by atoms with E-state index in [1.54, 1.807) is 0 Å². The molecule has 0 bridgehead atoms. The van der Waals surface area contributed by atoms with E-state index in [1.807, 2.05) is 6.92 Å². The van der Waals surface area contributed by atoms with Gasteiger partial charge in [0.05, 0.1) is 0 Å². The van der Waals surface area contributed by atoms with E-state index >= 15 is 0 Å². The van der Waals surface area contributed by atoms with Gasteiger partial charge in [0.2, 0.25) is 0 Å². The molecule has 1 aliphatic heterocycles. The molecule has 0 aromatic carbocycles. The fraction of sp³-hybridized carbons (Fsp3) is 0.636. The van der Waals surface area contributed by atoms with Gasteiger partial charge in [0, 0.05) is 11.7 Å². The lowest BCUT2D eigenvalue weighted by molar-refractivity contribution is 0.111. The fourth-order valence-corrected chi connectivity index (χ4v) is 2.46. The summed E-state index contributed by atoms with van der Waals surface area (Å²) in [6.45, 7) is 4.18. The molecule has 14 heavy (non-hydrogen) atoms. The van der Waals surface area contributed by atoms with Crippen LogP contribution >= 0.6 is 0 Å². The first-order valence-corrected chi connectivity index (χ1v) is 5.30. The number of aldehydes is 1. The van der Waals surface area contributed by atoms with Crippen LogP contribution in [0.5, 0.6) is 0 Å². The summed E-state index contributed by atoms with van der Waals surface area (Å²) in [5, 5.41) is 0. The maximum Gasteiger partial charge on any atom is 0.170 e. The SMILES string of the molecule is CCC1CCCc2c(C=O)nc(C)n21. The number of imidazole rings is 1. The smallest absolute Gasteiger partial charge is 0.170 e. The average Bonchev–Trinajstić information content (AvgIpc) is 2.55. The van der Waals surface area contributed by atoms with Crippen LogP contribution in [0.1, 0.15) is 54.2 Å². The summed E-state index contributed by atoms with van der Waals surface area (Å²) in [6.07, 6.45) is 5.42. The highest BCUT2D eigenvalue weighted by molar-refractivity contribution is 5.74. The van der Waals surface area contributed by atoms with Crippen LogP contribution in [0.3, 0.4) is 0 Å². The third-order valence-corrected chi connectivity index (χ3v) is 3.12. The third-order valence-electron chi connectivity index (χ3n) is 3.12. The number of carbonyl (C=O) groups is 1. The second-order valence-electron chi connectivity index (χ2n) is 3.93. The fourth-order valence-electron chi connectivity index (χ4n) is 2.46. The van der Waals surface area contributed by atoms with Crippen molar-refractivity contribution in [2.75, 3.05) is 0 Å². The quantitative estimate of drug-likeness (QED) is 0.674. The monoisotopic (exact) mass is 192 g/mol. The van der Waals surface area contributed by atoms with Crippen molar-refractivity contribution in [2.45, 2.75) is 45.6 Å². The van der Waals surface area contributed by atoms with E-state index in [9.17, 15) is 4.79 Å². The molecule has 1 aromatic rings. The number of hydrogen-bond donors (Lipinski definition) is 0. The molecule has 0 saturated carbocycles. The summed E-state index contributed by atoms with van der Waals surface area (Å²) in [5.74, 6) is 0.994. The topological polar surface area (TPSA) is 34.9 Å². The first-order valence-electron chi connectivity index (χ1n) is 5.30. The van der Waals surface area contributed by atoms with E-state index in [-0.39, 0.29) is 0 Å². The summed E-state index contributed by atoms with van der Waals surface area (Å²) in [5.41, 5.74) is 1.80. The first-order chi connectivity index (χ1) is 6.77. The number of aromatic nitrogens is 2. The van der Waals surface area contributed by atoms with Crippen molar-refractivity contribution in [3.05, 3.63) is 17.2 Å². The maximum absolute atomic E-state index is 10.8. The zero-order valence-corrected chi connectivity index (χ0v) is 8.79. The van der Waals surface area contributed by atoms with Crippen molar-refractivity contribution in [3.8, 4) is 0 Å². The molecule has 2 rings (SSSR count). The molecule has 1 aliphatic rings. The number of nitrogens with zero attached hydrogens (tertiary/aromatic N) is 2. The van der Waals surface area contributed by atoms with Crippen molar-refractivity contribution < 1.29 is 4.79 Å². The molecule has 0 aliphatic carbocycles. The Morgan fingerprint density at radius 3 is 3.07 bits per heavy atom. The minimum Gasteiger partial charge on any atom is -0.328 e. The van der Waals surface area contributed by atoms with E-state index in [1.165, 1.54) is 12.8 Å². The summed E-state index contributed by atoms with van der Waals surface area (Å²) in [7, 11) is 0. The number of fused-ring (bicyclic) bond motifs is 1. The van der Waals surface area contributed by atoms with Gasteiger partial charge in [-0.3, -0.25) is 4.79 Å². The Bertz CT molecular complexity index is 354. The number of rotatable bonds is 2. The zero-order chi connectivity index (χ0) is 10.1. The summed E-state index contributed by atoms with van der Waals surface area (Å²) < 4.78 is 2.26. The largest absolute Gasteiger partial charge is 0.328 e. The summed E-state index contributed by atoms with van der Waals surface area (Å²) >= 11 is 0. The highest BCUT2D eigenvalue weighted by Crippen LogP contribution is 2.30. The highest BCUT2D eigenvalue weighted by Gasteiger charge is 2.23. The molecule has 3 nitrogen and oxygen atoms in total. The average molecular weight is 192 g/mol. The predicted molar refractivity (Wildman–Crippen MR) is 54.6 cm³/mol. The molecule has 3 heteroatoms. The van der Waals surface area contributed by atoms with Crippen molar-refractivity contribution in [2.24, 2.45) is 0 Å². The molecule has 1 unspecified atom stereocenters. The minimum absolute atomic E-state index is 0.556. The number of aryl methyl sites for hydroxylation is 1. The van der Waals surface area contributed by atoms with Crippen LogP contribution in [-0.2, 0) is 6.42 Å². The lowest BCUT2D eigenvalue weighted by Crippen LogP contribution is -2.18. The Balaban J connectivity index is 2.51. The lowest BCUT2D eigenvalue weighted by Gasteiger charge is -2.25. The van der Waals surface area contributed by atoms with Gasteiger partial charge < -0.3 is 4.57 Å². The normalized spacial score (nSPS) is 20.6. The van der Waals surface area contributed by atoms with Crippen LogP contribution in [0.2, 0.25) is 0 Å². The van der Waals surface area contributed by atoms with Crippen molar-refractivity contribution in [1.29, 1.82) is 0 Å². The Morgan fingerprint density at radius 1 is 1.64 bits per heavy atom. The Hall–Kier alpha value is -1.12. The lowest BCUT2D eigenvalue weighted by atomic mass is 10.00. The van der Waals surface area contributed by atoms with Crippen LogP contribution in [0.15, 0.2) is 0 Å². The molecule has 0 N–H and O–H groups in total. The first kappa shape index (κ1) is 9.44. The molecule has 0 amide bonds. The molecule has 76 valence electrons. The van der Waals surface area contributed by atoms with Gasteiger partial charge in [-0.1, -0.05) is 6.92 Å². The number of hydrogen-bond acceptors (Lipinski definition) is 2. The summed E-state index contributed by atoms with van der Waals surface area (Å²) in [4.78, 5) is 15.1. The van der Waals surface area contributed by atoms with E-state index in [0.717, 1.165) is 30.6 Å². The maximum atomic E-state index is 10.8. The molecule has 0 fully saturated rings. The van der Waals surface area contributed by atoms with Crippen LogP contribution in [0.4, 0.5) is 0 Å². The molecule has 0 saturated heterocycles. The second kappa shape index (κ2) is 3.56. The summed E-state index contributed by atoms with van der Waals surface area (Å²) in [6, 6.07) is 0.556. The van der Waals surface area contributed by atoms with Crippen LogP contribution in [0, 0.1) is 6.92 Å². The van der Waals surface area contributed by atoms with E-state index < -0.39 is 0 Å². The Kier molecular flexibility index (Phi) is 2.40. The minimum atomic E-state index is 0.556. The van der Waals surface area contributed by atoms with Gasteiger partial charge in [0.25, 0.3) is 0 Å². The predicted octanol–water partition coefficient (Wildman–Crippen LogP) is 2.29. The molecule has 2 heterocycles. The van der Waals surface area contributed by atoms with Crippen LogP contribution in [-0.4, -0.2) is 15.8 Å².